The van der Waals surface area contributed by atoms with Gasteiger partial charge in [-0.3, -0.25) is 10.1 Å². The minimum Gasteiger partial charge on any atom is -0.258 e. The molecule has 1 aromatic carbocycles. The van der Waals surface area contributed by atoms with Crippen LogP contribution < -0.4 is 0 Å². The van der Waals surface area contributed by atoms with Crippen molar-refractivity contribution in [3.8, 4) is 0 Å². The molecule has 0 spiro atoms. The number of non-ortho nitro benzene ring substituents is 1. The van der Waals surface area contributed by atoms with Crippen LogP contribution in [0.15, 0.2) is 41.3 Å². The molecule has 0 fully saturated rings. The van der Waals surface area contributed by atoms with Gasteiger partial charge in [0.05, 0.1) is 9.82 Å². The number of sulfonamides is 1. The molecule has 1 aromatic rings. The van der Waals surface area contributed by atoms with E-state index in [1.54, 1.807) is 0 Å². The number of allylic oxidation sites excluding steroid dienone is 1. The number of nitro benzene ring substituents is 1. The first-order valence-corrected chi connectivity index (χ1v) is 7.35. The third-order valence-corrected chi connectivity index (χ3v) is 4.82. The van der Waals surface area contributed by atoms with Crippen molar-refractivity contribution in [3.05, 3.63) is 46.5 Å². The molecule has 102 valence electrons. The molecule has 2 rings (SSSR count). The number of nitro groups is 1. The van der Waals surface area contributed by atoms with Gasteiger partial charge >= 0.3 is 0 Å². The Morgan fingerprint density at radius 1 is 1.16 bits per heavy atom. The second-order valence-electron chi connectivity index (χ2n) is 4.23. The Bertz CT molecular complexity index is 593. The molecule has 0 N–H and O–H groups in total. The maximum absolute atomic E-state index is 12.3. The lowest BCUT2D eigenvalue weighted by Crippen LogP contribution is -2.31. The summed E-state index contributed by atoms with van der Waals surface area (Å²) in [6, 6.07) is 4.98. The van der Waals surface area contributed by atoms with Crippen LogP contribution >= 0.6 is 0 Å². The number of hydrogen-bond donors (Lipinski definition) is 0. The van der Waals surface area contributed by atoms with E-state index < -0.39 is 14.9 Å². The molecule has 1 aliphatic rings. The van der Waals surface area contributed by atoms with Crippen molar-refractivity contribution < 1.29 is 13.3 Å². The molecule has 0 aromatic heterocycles. The SMILES string of the molecule is O=[N+]([O-])c1ccc(S(=O)(=O)N2CC=CCCC2)cc1. The third-order valence-electron chi connectivity index (χ3n) is 2.94. The van der Waals surface area contributed by atoms with Gasteiger partial charge < -0.3 is 0 Å². The van der Waals surface area contributed by atoms with Crippen molar-refractivity contribution >= 4 is 15.7 Å². The summed E-state index contributed by atoms with van der Waals surface area (Å²) in [5.74, 6) is 0. The lowest BCUT2D eigenvalue weighted by molar-refractivity contribution is -0.384. The highest BCUT2D eigenvalue weighted by atomic mass is 32.2. The standard InChI is InChI=1S/C12H14N2O4S/c15-14(16)11-5-7-12(8-6-11)19(17,18)13-9-3-1-2-4-10-13/h1,3,5-8H,2,4,9-10H2. The zero-order chi connectivity index (χ0) is 13.9. The molecule has 0 unspecified atom stereocenters. The summed E-state index contributed by atoms with van der Waals surface area (Å²) in [5, 5.41) is 10.5. The second-order valence-corrected chi connectivity index (χ2v) is 6.17. The van der Waals surface area contributed by atoms with E-state index in [0.717, 1.165) is 12.8 Å². The Hall–Kier alpha value is -1.73. The summed E-state index contributed by atoms with van der Waals surface area (Å²) < 4.78 is 26.1. The Labute approximate surface area is 111 Å². The van der Waals surface area contributed by atoms with Gasteiger partial charge in [-0.05, 0) is 25.0 Å². The zero-order valence-electron chi connectivity index (χ0n) is 10.2. The van der Waals surface area contributed by atoms with E-state index in [1.165, 1.54) is 28.6 Å². The van der Waals surface area contributed by atoms with Crippen LogP contribution in [0.25, 0.3) is 0 Å². The van der Waals surface area contributed by atoms with E-state index >= 15 is 0 Å². The fraction of sp³-hybridized carbons (Fsp3) is 0.333. The second kappa shape index (κ2) is 5.50. The first kappa shape index (κ1) is 13.7. The van der Waals surface area contributed by atoms with Crippen LogP contribution in [0.2, 0.25) is 0 Å². The van der Waals surface area contributed by atoms with E-state index in [1.807, 2.05) is 12.2 Å². The van der Waals surface area contributed by atoms with E-state index in [9.17, 15) is 18.5 Å². The van der Waals surface area contributed by atoms with Gasteiger partial charge in [0.1, 0.15) is 0 Å². The van der Waals surface area contributed by atoms with Gasteiger partial charge in [-0.15, -0.1) is 0 Å². The minimum absolute atomic E-state index is 0.0911. The largest absolute Gasteiger partial charge is 0.269 e. The van der Waals surface area contributed by atoms with Crippen LogP contribution in [0.1, 0.15) is 12.8 Å². The van der Waals surface area contributed by atoms with Crippen molar-refractivity contribution in [2.45, 2.75) is 17.7 Å². The van der Waals surface area contributed by atoms with Crippen LogP contribution in [-0.2, 0) is 10.0 Å². The zero-order valence-corrected chi connectivity index (χ0v) is 11.0. The first-order chi connectivity index (χ1) is 9.01. The fourth-order valence-corrected chi connectivity index (χ4v) is 3.32. The topological polar surface area (TPSA) is 80.5 Å². The van der Waals surface area contributed by atoms with E-state index in [4.69, 9.17) is 0 Å². The Morgan fingerprint density at radius 3 is 2.47 bits per heavy atom. The number of rotatable bonds is 3. The average molecular weight is 282 g/mol. The van der Waals surface area contributed by atoms with Gasteiger partial charge in [0, 0.05) is 25.2 Å². The Morgan fingerprint density at radius 2 is 1.84 bits per heavy atom. The molecule has 19 heavy (non-hydrogen) atoms. The van der Waals surface area contributed by atoms with Gasteiger partial charge in [0.15, 0.2) is 0 Å². The van der Waals surface area contributed by atoms with Crippen LogP contribution in [0.5, 0.6) is 0 Å². The predicted octanol–water partition coefficient (Wildman–Crippen LogP) is 1.94. The summed E-state index contributed by atoms with van der Waals surface area (Å²) in [6.45, 7) is 0.811. The maximum atomic E-state index is 12.3. The molecule has 6 nitrogen and oxygen atoms in total. The fourth-order valence-electron chi connectivity index (χ4n) is 1.89. The van der Waals surface area contributed by atoms with Gasteiger partial charge in [-0.1, -0.05) is 12.2 Å². The van der Waals surface area contributed by atoms with E-state index in [0.29, 0.717) is 13.1 Å². The number of hydrogen-bond acceptors (Lipinski definition) is 4. The highest BCUT2D eigenvalue weighted by Crippen LogP contribution is 2.20. The molecule has 1 aliphatic heterocycles. The summed E-state index contributed by atoms with van der Waals surface area (Å²) in [5.41, 5.74) is -0.116. The molecule has 0 bridgehead atoms. The normalized spacial score (nSPS) is 17.1. The van der Waals surface area contributed by atoms with Crippen LogP contribution in [0.3, 0.4) is 0 Å². The van der Waals surface area contributed by atoms with Crippen molar-refractivity contribution in [2.24, 2.45) is 0 Å². The molecule has 0 saturated carbocycles. The molecule has 0 atom stereocenters. The van der Waals surface area contributed by atoms with Gasteiger partial charge in [-0.25, -0.2) is 8.42 Å². The smallest absolute Gasteiger partial charge is 0.258 e. The lowest BCUT2D eigenvalue weighted by atomic mass is 10.3. The number of benzene rings is 1. The third kappa shape index (κ3) is 2.99. The van der Waals surface area contributed by atoms with Crippen molar-refractivity contribution in [1.29, 1.82) is 0 Å². The quantitative estimate of drug-likeness (QED) is 0.482. The molecular weight excluding hydrogens is 268 g/mol. The molecule has 7 heteroatoms. The van der Waals surface area contributed by atoms with Crippen LogP contribution in [-0.4, -0.2) is 30.7 Å². The van der Waals surface area contributed by atoms with Crippen molar-refractivity contribution in [1.82, 2.24) is 4.31 Å². The van der Waals surface area contributed by atoms with E-state index in [2.05, 4.69) is 0 Å². The highest BCUT2D eigenvalue weighted by molar-refractivity contribution is 7.89. The van der Waals surface area contributed by atoms with E-state index in [-0.39, 0.29) is 10.6 Å². The Balaban J connectivity index is 2.28. The lowest BCUT2D eigenvalue weighted by Gasteiger charge is -2.19. The van der Waals surface area contributed by atoms with Crippen molar-refractivity contribution in [3.63, 3.8) is 0 Å². The molecular formula is C12H14N2O4S. The van der Waals surface area contributed by atoms with Gasteiger partial charge in [0.2, 0.25) is 10.0 Å². The monoisotopic (exact) mass is 282 g/mol. The molecule has 0 radical (unpaired) electrons. The van der Waals surface area contributed by atoms with Crippen LogP contribution in [0, 0.1) is 10.1 Å². The highest BCUT2D eigenvalue weighted by Gasteiger charge is 2.24. The Kier molecular flexibility index (Phi) is 3.96. The molecule has 1 heterocycles. The van der Waals surface area contributed by atoms with Crippen LogP contribution in [0.4, 0.5) is 5.69 Å². The van der Waals surface area contributed by atoms with Gasteiger partial charge in [0.25, 0.3) is 5.69 Å². The first-order valence-electron chi connectivity index (χ1n) is 5.91. The van der Waals surface area contributed by atoms with Crippen molar-refractivity contribution in [2.75, 3.05) is 13.1 Å². The maximum Gasteiger partial charge on any atom is 0.269 e. The molecule has 0 amide bonds. The van der Waals surface area contributed by atoms with Gasteiger partial charge in [-0.2, -0.15) is 4.31 Å². The number of nitrogens with zero attached hydrogens (tertiary/aromatic N) is 2. The summed E-state index contributed by atoms with van der Waals surface area (Å²) in [4.78, 5) is 10.1. The predicted molar refractivity (Wildman–Crippen MR) is 70.2 cm³/mol. The average Bonchev–Trinajstić information content (AvgIpc) is 2.68. The minimum atomic E-state index is -3.57. The molecule has 0 saturated heterocycles. The summed E-state index contributed by atoms with van der Waals surface area (Å²) in [7, 11) is -3.57. The summed E-state index contributed by atoms with van der Waals surface area (Å²) >= 11 is 0. The molecule has 0 aliphatic carbocycles. The summed E-state index contributed by atoms with van der Waals surface area (Å²) in [6.07, 6.45) is 5.44.